The van der Waals surface area contributed by atoms with Crippen molar-refractivity contribution < 1.29 is 14.6 Å². The molecule has 116 valence electrons. The third-order valence-corrected chi connectivity index (χ3v) is 3.87. The number of carbonyl (C=O) groups excluding carboxylic acids is 1. The molecule has 0 aromatic heterocycles. The quantitative estimate of drug-likeness (QED) is 0.825. The zero-order valence-corrected chi connectivity index (χ0v) is 12.5. The summed E-state index contributed by atoms with van der Waals surface area (Å²) in [5.74, 6) is 0.506. The third-order valence-electron chi connectivity index (χ3n) is 3.87. The van der Waals surface area contributed by atoms with Crippen LogP contribution in [0.25, 0.3) is 10.8 Å². The van der Waals surface area contributed by atoms with Crippen LogP contribution in [0.4, 0.5) is 0 Å². The Kier molecular flexibility index (Phi) is 4.71. The Hall–Kier alpha value is -1.91. The summed E-state index contributed by atoms with van der Waals surface area (Å²) in [7, 11) is 0. The van der Waals surface area contributed by atoms with E-state index in [4.69, 9.17) is 4.74 Å². The average molecular weight is 299 g/mol. The molecule has 0 spiro atoms. The van der Waals surface area contributed by atoms with E-state index in [1.807, 2.05) is 36.4 Å². The topological polar surface area (TPSA) is 58.6 Å². The molecule has 2 aromatic rings. The van der Waals surface area contributed by atoms with Crippen LogP contribution < -0.4 is 5.32 Å². The molecular weight excluding hydrogens is 278 g/mol. The van der Waals surface area contributed by atoms with Gasteiger partial charge in [0, 0.05) is 18.7 Å². The van der Waals surface area contributed by atoms with Gasteiger partial charge in [-0.1, -0.05) is 30.3 Å². The smallest absolute Gasteiger partial charge is 0.251 e. The highest BCUT2D eigenvalue weighted by molar-refractivity contribution is 5.98. The first kappa shape index (κ1) is 15.0. The molecule has 4 nitrogen and oxygen atoms in total. The first-order chi connectivity index (χ1) is 10.7. The molecule has 3 rings (SSSR count). The minimum absolute atomic E-state index is 0.174. The van der Waals surface area contributed by atoms with Gasteiger partial charge in [-0.3, -0.25) is 4.79 Å². The summed E-state index contributed by atoms with van der Waals surface area (Å²) >= 11 is 0. The molecule has 0 saturated heterocycles. The number of ether oxygens (including phenoxy) is 1. The van der Waals surface area contributed by atoms with E-state index in [0.717, 1.165) is 17.4 Å². The second kappa shape index (κ2) is 6.90. The van der Waals surface area contributed by atoms with Crippen LogP contribution >= 0.6 is 0 Å². The van der Waals surface area contributed by atoms with Gasteiger partial charge < -0.3 is 15.2 Å². The van der Waals surface area contributed by atoms with Gasteiger partial charge in [-0.05, 0) is 41.7 Å². The summed E-state index contributed by atoms with van der Waals surface area (Å²) in [5, 5.41) is 14.7. The second-order valence-electron chi connectivity index (χ2n) is 5.91. The first-order valence-corrected chi connectivity index (χ1v) is 7.75. The number of aliphatic hydroxyl groups excluding tert-OH is 1. The monoisotopic (exact) mass is 299 g/mol. The van der Waals surface area contributed by atoms with Gasteiger partial charge in [0.15, 0.2) is 0 Å². The predicted molar refractivity (Wildman–Crippen MR) is 85.8 cm³/mol. The molecular formula is C18H21NO3. The third kappa shape index (κ3) is 4.06. The number of nitrogens with one attached hydrogen (secondary N) is 1. The fourth-order valence-electron chi connectivity index (χ4n) is 2.36. The Morgan fingerprint density at radius 3 is 2.77 bits per heavy atom. The summed E-state index contributed by atoms with van der Waals surface area (Å²) < 4.78 is 5.41. The lowest BCUT2D eigenvalue weighted by molar-refractivity contribution is 0.0321. The molecule has 1 fully saturated rings. The predicted octanol–water partition coefficient (Wildman–Crippen LogP) is 2.36. The van der Waals surface area contributed by atoms with Crippen LogP contribution in [-0.4, -0.2) is 36.9 Å². The summed E-state index contributed by atoms with van der Waals surface area (Å²) in [6.45, 7) is 1.19. The van der Waals surface area contributed by atoms with Crippen LogP contribution in [0.5, 0.6) is 0 Å². The largest absolute Gasteiger partial charge is 0.389 e. The summed E-state index contributed by atoms with van der Waals surface area (Å²) in [6, 6.07) is 13.5. The number of fused-ring (bicyclic) bond motifs is 1. The minimum atomic E-state index is -0.664. The maximum absolute atomic E-state index is 12.1. The molecule has 0 heterocycles. The highest BCUT2D eigenvalue weighted by atomic mass is 16.5. The Labute approximate surface area is 130 Å². The molecule has 0 aliphatic heterocycles. The van der Waals surface area contributed by atoms with Crippen LogP contribution in [-0.2, 0) is 4.74 Å². The van der Waals surface area contributed by atoms with E-state index in [2.05, 4.69) is 5.32 Å². The van der Waals surface area contributed by atoms with E-state index in [0.29, 0.717) is 11.5 Å². The summed E-state index contributed by atoms with van der Waals surface area (Å²) in [4.78, 5) is 12.1. The highest BCUT2D eigenvalue weighted by Gasteiger charge is 2.21. The number of hydrogen-bond donors (Lipinski definition) is 2. The van der Waals surface area contributed by atoms with Crippen molar-refractivity contribution >= 4 is 16.7 Å². The normalized spacial score (nSPS) is 15.7. The van der Waals surface area contributed by atoms with Gasteiger partial charge >= 0.3 is 0 Å². The number of amides is 1. The lowest BCUT2D eigenvalue weighted by Gasteiger charge is -2.12. The Morgan fingerprint density at radius 1 is 1.23 bits per heavy atom. The van der Waals surface area contributed by atoms with Crippen molar-refractivity contribution in [3.05, 3.63) is 48.0 Å². The molecule has 1 aliphatic carbocycles. The van der Waals surface area contributed by atoms with Gasteiger partial charge in [0.05, 0.1) is 12.7 Å². The number of benzene rings is 2. The van der Waals surface area contributed by atoms with Gasteiger partial charge in [0.25, 0.3) is 5.91 Å². The van der Waals surface area contributed by atoms with Gasteiger partial charge in [-0.25, -0.2) is 0 Å². The minimum Gasteiger partial charge on any atom is -0.389 e. The van der Waals surface area contributed by atoms with Gasteiger partial charge in [-0.2, -0.15) is 0 Å². The fourth-order valence-corrected chi connectivity index (χ4v) is 2.36. The maximum atomic E-state index is 12.1. The molecule has 1 amide bonds. The molecule has 1 saturated carbocycles. The van der Waals surface area contributed by atoms with E-state index in [9.17, 15) is 9.90 Å². The van der Waals surface area contributed by atoms with Gasteiger partial charge in [0.1, 0.15) is 0 Å². The zero-order chi connectivity index (χ0) is 15.4. The lowest BCUT2D eigenvalue weighted by atomic mass is 10.1. The Morgan fingerprint density at radius 2 is 2.00 bits per heavy atom. The first-order valence-electron chi connectivity index (χ1n) is 7.75. The van der Waals surface area contributed by atoms with Crippen LogP contribution in [0.2, 0.25) is 0 Å². The number of aliphatic hydroxyl groups is 1. The number of hydrogen-bond acceptors (Lipinski definition) is 3. The van der Waals surface area contributed by atoms with E-state index < -0.39 is 6.10 Å². The van der Waals surface area contributed by atoms with Crippen molar-refractivity contribution in [1.29, 1.82) is 0 Å². The van der Waals surface area contributed by atoms with E-state index >= 15 is 0 Å². The molecule has 22 heavy (non-hydrogen) atoms. The number of rotatable bonds is 7. The lowest BCUT2D eigenvalue weighted by Crippen LogP contribution is -2.34. The Balaban J connectivity index is 1.49. The van der Waals surface area contributed by atoms with Crippen LogP contribution in [0.3, 0.4) is 0 Å². The van der Waals surface area contributed by atoms with Crippen molar-refractivity contribution in [2.75, 3.05) is 19.8 Å². The SMILES string of the molecule is O=C(NCC(O)COCC1CC1)c1ccc2ccccc2c1. The highest BCUT2D eigenvalue weighted by Crippen LogP contribution is 2.28. The van der Waals surface area contributed by atoms with E-state index in [1.165, 1.54) is 12.8 Å². The molecule has 0 bridgehead atoms. The van der Waals surface area contributed by atoms with Crippen LogP contribution in [0.15, 0.2) is 42.5 Å². The molecule has 1 aliphatic rings. The maximum Gasteiger partial charge on any atom is 0.251 e. The molecule has 0 radical (unpaired) electrons. The molecule has 1 unspecified atom stereocenters. The molecule has 2 aromatic carbocycles. The van der Waals surface area contributed by atoms with E-state index in [-0.39, 0.29) is 19.1 Å². The van der Waals surface area contributed by atoms with E-state index in [1.54, 1.807) is 6.07 Å². The van der Waals surface area contributed by atoms with Crippen molar-refractivity contribution in [1.82, 2.24) is 5.32 Å². The van der Waals surface area contributed by atoms with Crippen molar-refractivity contribution in [2.24, 2.45) is 5.92 Å². The second-order valence-corrected chi connectivity index (χ2v) is 5.91. The molecule has 1 atom stereocenters. The summed E-state index contributed by atoms with van der Waals surface area (Å²) in [5.41, 5.74) is 0.602. The van der Waals surface area contributed by atoms with Gasteiger partial charge in [0.2, 0.25) is 0 Å². The van der Waals surface area contributed by atoms with Crippen LogP contribution in [0, 0.1) is 5.92 Å². The van der Waals surface area contributed by atoms with Crippen molar-refractivity contribution in [3.8, 4) is 0 Å². The fraction of sp³-hybridized carbons (Fsp3) is 0.389. The standard InChI is InChI=1S/C18H21NO3/c20-17(12-22-11-13-5-6-13)10-19-18(21)16-8-7-14-3-1-2-4-15(14)9-16/h1-4,7-9,13,17,20H,5-6,10-12H2,(H,19,21). The van der Waals surface area contributed by atoms with Crippen molar-refractivity contribution in [2.45, 2.75) is 18.9 Å². The average Bonchev–Trinajstić information content (AvgIpc) is 3.36. The van der Waals surface area contributed by atoms with Gasteiger partial charge in [-0.15, -0.1) is 0 Å². The van der Waals surface area contributed by atoms with Crippen LogP contribution in [0.1, 0.15) is 23.2 Å². The zero-order valence-electron chi connectivity index (χ0n) is 12.5. The van der Waals surface area contributed by atoms with Crippen molar-refractivity contribution in [3.63, 3.8) is 0 Å². The Bertz CT molecular complexity index is 652. The molecule has 2 N–H and O–H groups in total. The molecule has 4 heteroatoms. The number of carbonyl (C=O) groups is 1. The summed E-state index contributed by atoms with van der Waals surface area (Å²) in [6.07, 6.45) is 1.80.